The minimum absolute atomic E-state index is 0.152. The molecule has 1 aromatic heterocycles. The van der Waals surface area contributed by atoms with E-state index in [9.17, 15) is 4.39 Å². The van der Waals surface area contributed by atoms with Crippen molar-refractivity contribution in [2.75, 3.05) is 29.9 Å². The van der Waals surface area contributed by atoms with Gasteiger partial charge in [0, 0.05) is 31.4 Å². The number of aryl methyl sites for hydroxylation is 1. The number of nitrogens with zero attached hydrogens (tertiary/aromatic N) is 3. The summed E-state index contributed by atoms with van der Waals surface area (Å²) in [5, 5.41) is 3.31. The third-order valence-corrected chi connectivity index (χ3v) is 4.57. The fourth-order valence-electron chi connectivity index (χ4n) is 3.02. The number of hydrogen-bond acceptors (Lipinski definition) is 4. The Hall–Kier alpha value is -2.17. The van der Waals surface area contributed by atoms with Crippen LogP contribution < -0.4 is 10.2 Å². The second-order valence-corrected chi connectivity index (χ2v) is 6.63. The molecule has 1 saturated heterocycles. The van der Waals surface area contributed by atoms with E-state index in [0.717, 1.165) is 42.0 Å². The van der Waals surface area contributed by atoms with Crippen LogP contribution in [0.4, 0.5) is 16.2 Å². The topological polar surface area (TPSA) is 41.1 Å². The van der Waals surface area contributed by atoms with Gasteiger partial charge in [0.05, 0.1) is 0 Å². The summed E-state index contributed by atoms with van der Waals surface area (Å²) in [7, 11) is 0. The zero-order chi connectivity index (χ0) is 16.9. The molecule has 0 spiro atoms. The summed E-state index contributed by atoms with van der Waals surface area (Å²) in [6.07, 6.45) is 3.01. The lowest BCUT2D eigenvalue weighted by Crippen LogP contribution is -2.34. The molecular formula is C19H25FN4. The molecule has 0 aliphatic carbocycles. The molecule has 24 heavy (non-hydrogen) atoms. The van der Waals surface area contributed by atoms with E-state index in [4.69, 9.17) is 0 Å². The van der Waals surface area contributed by atoms with E-state index in [0.29, 0.717) is 13.0 Å². The zero-order valence-corrected chi connectivity index (χ0v) is 14.4. The van der Waals surface area contributed by atoms with Gasteiger partial charge in [-0.2, -0.15) is 4.98 Å². The van der Waals surface area contributed by atoms with Gasteiger partial charge in [0.2, 0.25) is 5.95 Å². The van der Waals surface area contributed by atoms with Gasteiger partial charge in [-0.05, 0) is 43.7 Å². The van der Waals surface area contributed by atoms with E-state index >= 15 is 0 Å². The van der Waals surface area contributed by atoms with Gasteiger partial charge in [-0.3, -0.25) is 0 Å². The van der Waals surface area contributed by atoms with Gasteiger partial charge in [0.25, 0.3) is 0 Å². The highest BCUT2D eigenvalue weighted by Gasteiger charge is 2.18. The van der Waals surface area contributed by atoms with Crippen LogP contribution in [0.3, 0.4) is 0 Å². The van der Waals surface area contributed by atoms with E-state index < -0.39 is 0 Å². The maximum Gasteiger partial charge on any atom is 0.227 e. The minimum atomic E-state index is -0.152. The average Bonchev–Trinajstić information content (AvgIpc) is 2.57. The van der Waals surface area contributed by atoms with E-state index in [1.807, 2.05) is 25.1 Å². The lowest BCUT2D eigenvalue weighted by atomic mass is 10.00. The normalized spacial score (nSPS) is 15.5. The first-order valence-corrected chi connectivity index (χ1v) is 8.70. The van der Waals surface area contributed by atoms with Crippen molar-refractivity contribution in [3.8, 4) is 0 Å². The second-order valence-electron chi connectivity index (χ2n) is 6.63. The Bertz CT molecular complexity index is 681. The van der Waals surface area contributed by atoms with E-state index in [2.05, 4.69) is 27.1 Å². The molecular weight excluding hydrogens is 303 g/mol. The van der Waals surface area contributed by atoms with Crippen LogP contribution in [0.5, 0.6) is 0 Å². The van der Waals surface area contributed by atoms with Crippen molar-refractivity contribution >= 4 is 11.8 Å². The molecule has 0 bridgehead atoms. The van der Waals surface area contributed by atoms with Gasteiger partial charge < -0.3 is 10.2 Å². The van der Waals surface area contributed by atoms with Gasteiger partial charge in [-0.25, -0.2) is 9.37 Å². The summed E-state index contributed by atoms with van der Waals surface area (Å²) >= 11 is 0. The molecule has 3 rings (SSSR count). The fourth-order valence-corrected chi connectivity index (χ4v) is 3.02. The third-order valence-electron chi connectivity index (χ3n) is 4.57. The van der Waals surface area contributed by atoms with Crippen LogP contribution in [-0.2, 0) is 6.42 Å². The molecule has 1 N–H and O–H groups in total. The summed E-state index contributed by atoms with van der Waals surface area (Å²) in [5.41, 5.74) is 1.67. The zero-order valence-electron chi connectivity index (χ0n) is 14.4. The van der Waals surface area contributed by atoms with Crippen LogP contribution >= 0.6 is 0 Å². The average molecular weight is 328 g/mol. The van der Waals surface area contributed by atoms with Crippen molar-refractivity contribution < 1.29 is 4.39 Å². The van der Waals surface area contributed by atoms with Gasteiger partial charge >= 0.3 is 0 Å². The van der Waals surface area contributed by atoms with Crippen LogP contribution in [0.25, 0.3) is 0 Å². The molecule has 4 nitrogen and oxygen atoms in total. The molecule has 0 amide bonds. The predicted octanol–water partition coefficient (Wildman–Crippen LogP) is 3.82. The molecule has 2 aromatic rings. The van der Waals surface area contributed by atoms with Crippen molar-refractivity contribution in [1.29, 1.82) is 0 Å². The predicted molar refractivity (Wildman–Crippen MR) is 96.0 cm³/mol. The first kappa shape index (κ1) is 16.7. The molecule has 128 valence electrons. The van der Waals surface area contributed by atoms with E-state index in [1.54, 1.807) is 6.07 Å². The third kappa shape index (κ3) is 4.22. The summed E-state index contributed by atoms with van der Waals surface area (Å²) in [5.74, 6) is 2.24. The molecule has 1 fully saturated rings. The first-order valence-electron chi connectivity index (χ1n) is 8.70. The highest BCUT2D eigenvalue weighted by Crippen LogP contribution is 2.21. The summed E-state index contributed by atoms with van der Waals surface area (Å²) in [4.78, 5) is 11.5. The number of rotatable bonds is 5. The number of piperidine rings is 1. The maximum atomic E-state index is 13.7. The van der Waals surface area contributed by atoms with Gasteiger partial charge in [-0.1, -0.05) is 25.1 Å². The van der Waals surface area contributed by atoms with Gasteiger partial charge in [-0.15, -0.1) is 0 Å². The highest BCUT2D eigenvalue weighted by molar-refractivity contribution is 5.44. The Morgan fingerprint density at radius 3 is 2.71 bits per heavy atom. The summed E-state index contributed by atoms with van der Waals surface area (Å²) in [6.45, 7) is 6.95. The molecule has 1 aliphatic rings. The molecule has 0 saturated carbocycles. The van der Waals surface area contributed by atoms with E-state index in [1.165, 1.54) is 18.9 Å². The lowest BCUT2D eigenvalue weighted by molar-refractivity contribution is 0.434. The number of nitrogens with one attached hydrogen (secondary N) is 1. The molecule has 1 aromatic carbocycles. The quantitative estimate of drug-likeness (QED) is 0.906. The van der Waals surface area contributed by atoms with Gasteiger partial charge in [0.1, 0.15) is 11.6 Å². The Morgan fingerprint density at radius 2 is 1.96 bits per heavy atom. The summed E-state index contributed by atoms with van der Waals surface area (Å²) in [6, 6.07) is 8.84. The Balaban J connectivity index is 1.62. The fraction of sp³-hybridized carbons (Fsp3) is 0.474. The van der Waals surface area contributed by atoms with Crippen LogP contribution in [-0.4, -0.2) is 29.6 Å². The van der Waals surface area contributed by atoms with Crippen molar-refractivity contribution in [3.05, 3.63) is 47.4 Å². The number of benzene rings is 1. The van der Waals surface area contributed by atoms with Crippen LogP contribution in [0.1, 0.15) is 31.0 Å². The summed E-state index contributed by atoms with van der Waals surface area (Å²) < 4.78 is 13.7. The largest absolute Gasteiger partial charge is 0.370 e. The monoisotopic (exact) mass is 328 g/mol. The SMILES string of the molecule is Cc1cc(NCCc2ccccc2F)nc(N2CCC(C)CC2)n1. The molecule has 2 heterocycles. The molecule has 0 atom stereocenters. The molecule has 5 heteroatoms. The second kappa shape index (κ2) is 7.60. The van der Waals surface area contributed by atoms with Crippen molar-refractivity contribution in [3.63, 3.8) is 0 Å². The number of halogens is 1. The Labute approximate surface area is 143 Å². The Morgan fingerprint density at radius 1 is 1.21 bits per heavy atom. The van der Waals surface area contributed by atoms with Crippen LogP contribution in [0.15, 0.2) is 30.3 Å². The van der Waals surface area contributed by atoms with Crippen LogP contribution in [0, 0.1) is 18.7 Å². The molecule has 0 unspecified atom stereocenters. The first-order chi connectivity index (χ1) is 11.6. The number of anilines is 2. The lowest BCUT2D eigenvalue weighted by Gasteiger charge is -2.30. The maximum absolute atomic E-state index is 13.7. The van der Waals surface area contributed by atoms with Crippen molar-refractivity contribution in [1.82, 2.24) is 9.97 Å². The standard InChI is InChI=1S/C19H25FN4/c1-14-8-11-24(12-9-14)19-22-15(2)13-18(23-19)21-10-7-16-5-3-4-6-17(16)20/h3-6,13-14H,7-12H2,1-2H3,(H,21,22,23). The van der Waals surface area contributed by atoms with Gasteiger partial charge in [0.15, 0.2) is 0 Å². The smallest absolute Gasteiger partial charge is 0.227 e. The molecule has 1 aliphatic heterocycles. The molecule has 0 radical (unpaired) electrons. The number of aromatic nitrogens is 2. The van der Waals surface area contributed by atoms with Crippen LogP contribution in [0.2, 0.25) is 0 Å². The van der Waals surface area contributed by atoms with Crippen molar-refractivity contribution in [2.45, 2.75) is 33.1 Å². The van der Waals surface area contributed by atoms with E-state index in [-0.39, 0.29) is 5.82 Å². The number of hydrogen-bond donors (Lipinski definition) is 1. The highest BCUT2D eigenvalue weighted by atomic mass is 19.1. The Kier molecular flexibility index (Phi) is 5.28. The minimum Gasteiger partial charge on any atom is -0.370 e. The van der Waals surface area contributed by atoms with Crippen molar-refractivity contribution in [2.24, 2.45) is 5.92 Å².